The highest BCUT2D eigenvalue weighted by Crippen LogP contribution is 2.28. The molecular formula is C12H10ClF2NS. The first-order valence-corrected chi connectivity index (χ1v) is 6.38. The molecule has 1 heterocycles. The van der Waals surface area contributed by atoms with E-state index >= 15 is 0 Å². The van der Waals surface area contributed by atoms with Gasteiger partial charge in [0, 0.05) is 17.4 Å². The van der Waals surface area contributed by atoms with Gasteiger partial charge in [-0.15, -0.1) is 22.9 Å². The van der Waals surface area contributed by atoms with E-state index in [1.54, 1.807) is 0 Å². The largest absolute Gasteiger partial charge is 0.245 e. The molecule has 2 aromatic rings. The Morgan fingerprint density at radius 2 is 2.00 bits per heavy atom. The molecule has 0 bridgehead atoms. The molecule has 0 saturated heterocycles. The van der Waals surface area contributed by atoms with Gasteiger partial charge in [0.2, 0.25) is 0 Å². The summed E-state index contributed by atoms with van der Waals surface area (Å²) in [6.45, 7) is 1.86. The lowest BCUT2D eigenvalue weighted by Gasteiger charge is -2.08. The molecule has 1 nitrogen and oxygen atoms in total. The monoisotopic (exact) mass is 273 g/mol. The van der Waals surface area contributed by atoms with Gasteiger partial charge in [-0.25, -0.2) is 13.8 Å². The number of hydrogen-bond donors (Lipinski definition) is 0. The maximum absolute atomic E-state index is 13.4. The smallest absolute Gasteiger partial charge is 0.129 e. The number of alkyl halides is 1. The van der Waals surface area contributed by atoms with Gasteiger partial charge in [-0.3, -0.25) is 0 Å². The molecule has 1 aromatic heterocycles. The summed E-state index contributed by atoms with van der Waals surface area (Å²) in [5, 5.41) is 2.19. The molecule has 0 amide bonds. The zero-order valence-corrected chi connectivity index (χ0v) is 10.7. The molecular weight excluding hydrogens is 264 g/mol. The van der Waals surface area contributed by atoms with Crippen molar-refractivity contribution in [2.24, 2.45) is 0 Å². The van der Waals surface area contributed by atoms with E-state index in [4.69, 9.17) is 11.6 Å². The molecule has 1 aromatic carbocycles. The fourth-order valence-electron chi connectivity index (χ4n) is 1.54. The van der Waals surface area contributed by atoms with Crippen LogP contribution in [0.5, 0.6) is 0 Å². The lowest BCUT2D eigenvalue weighted by Crippen LogP contribution is -2.02. The lowest BCUT2D eigenvalue weighted by atomic mass is 10.1. The number of rotatable bonds is 3. The van der Waals surface area contributed by atoms with E-state index in [-0.39, 0.29) is 12.0 Å². The minimum absolute atomic E-state index is 0.0122. The van der Waals surface area contributed by atoms with Crippen LogP contribution in [0.15, 0.2) is 23.6 Å². The van der Waals surface area contributed by atoms with Crippen molar-refractivity contribution in [1.82, 2.24) is 4.98 Å². The fraction of sp³-hybridized carbons (Fsp3) is 0.250. The topological polar surface area (TPSA) is 12.9 Å². The molecule has 17 heavy (non-hydrogen) atoms. The van der Waals surface area contributed by atoms with Crippen molar-refractivity contribution in [2.45, 2.75) is 18.7 Å². The molecule has 0 N–H and O–H groups in total. The molecule has 90 valence electrons. The van der Waals surface area contributed by atoms with Crippen LogP contribution in [0, 0.1) is 18.6 Å². The van der Waals surface area contributed by atoms with E-state index in [1.807, 2.05) is 12.3 Å². The first kappa shape index (κ1) is 12.5. The van der Waals surface area contributed by atoms with Crippen LogP contribution >= 0.6 is 22.9 Å². The number of benzene rings is 1. The van der Waals surface area contributed by atoms with Crippen LogP contribution in [0.25, 0.3) is 0 Å². The predicted octanol–water partition coefficient (Wildman–Crippen LogP) is 4.25. The van der Waals surface area contributed by atoms with Crippen molar-refractivity contribution in [2.75, 3.05) is 0 Å². The quantitative estimate of drug-likeness (QED) is 0.762. The van der Waals surface area contributed by atoms with E-state index in [1.165, 1.54) is 29.5 Å². The van der Waals surface area contributed by atoms with Crippen LogP contribution in [-0.2, 0) is 6.42 Å². The number of nitrogens with zero attached hydrogens (tertiary/aromatic N) is 1. The summed E-state index contributed by atoms with van der Waals surface area (Å²) in [5.74, 6) is -1.13. The highest BCUT2D eigenvalue weighted by Gasteiger charge is 2.17. The van der Waals surface area contributed by atoms with E-state index in [0.29, 0.717) is 5.69 Å². The average molecular weight is 274 g/mol. The van der Waals surface area contributed by atoms with Crippen LogP contribution in [0.2, 0.25) is 0 Å². The Balaban J connectivity index is 2.21. The second-order valence-corrected chi connectivity index (χ2v) is 5.25. The van der Waals surface area contributed by atoms with Gasteiger partial charge in [0.15, 0.2) is 0 Å². The van der Waals surface area contributed by atoms with E-state index < -0.39 is 17.0 Å². The third kappa shape index (κ3) is 2.82. The molecule has 0 radical (unpaired) electrons. The first-order chi connectivity index (χ1) is 8.08. The SMILES string of the molecule is Cc1nc(C(Cl)Cc2c(F)cccc2F)cs1. The number of hydrogen-bond acceptors (Lipinski definition) is 2. The van der Waals surface area contributed by atoms with Gasteiger partial charge in [0.1, 0.15) is 11.6 Å². The minimum Gasteiger partial charge on any atom is -0.245 e. The number of aryl methyl sites for hydroxylation is 1. The van der Waals surface area contributed by atoms with Gasteiger partial charge in [0.05, 0.1) is 16.1 Å². The summed E-state index contributed by atoms with van der Waals surface area (Å²) in [5.41, 5.74) is 0.676. The molecule has 1 atom stereocenters. The summed E-state index contributed by atoms with van der Waals surface area (Å²) in [6.07, 6.45) is 0.100. The van der Waals surface area contributed by atoms with Gasteiger partial charge in [-0.2, -0.15) is 0 Å². The molecule has 0 saturated carbocycles. The van der Waals surface area contributed by atoms with Crippen molar-refractivity contribution in [1.29, 1.82) is 0 Å². The van der Waals surface area contributed by atoms with Gasteiger partial charge in [0.25, 0.3) is 0 Å². The van der Waals surface area contributed by atoms with Crippen molar-refractivity contribution < 1.29 is 8.78 Å². The standard InChI is InChI=1S/C12H10ClF2NS/c1-7-16-12(6-17-7)9(13)5-8-10(14)3-2-4-11(8)15/h2-4,6,9H,5H2,1H3. The summed E-state index contributed by atoms with van der Waals surface area (Å²) in [6, 6.07) is 3.80. The van der Waals surface area contributed by atoms with Gasteiger partial charge >= 0.3 is 0 Å². The van der Waals surface area contributed by atoms with Gasteiger partial charge in [-0.05, 0) is 19.1 Å². The molecule has 1 unspecified atom stereocenters. The average Bonchev–Trinajstić information content (AvgIpc) is 2.70. The Kier molecular flexibility index (Phi) is 3.74. The molecule has 0 aliphatic heterocycles. The van der Waals surface area contributed by atoms with E-state index in [2.05, 4.69) is 4.98 Å². The molecule has 0 fully saturated rings. The Hall–Kier alpha value is -1.00. The molecule has 0 aliphatic rings. The van der Waals surface area contributed by atoms with Gasteiger partial charge < -0.3 is 0 Å². The Morgan fingerprint density at radius 3 is 2.53 bits per heavy atom. The van der Waals surface area contributed by atoms with Gasteiger partial charge in [-0.1, -0.05) is 6.07 Å². The normalized spacial score (nSPS) is 12.7. The third-order valence-corrected chi connectivity index (χ3v) is 3.57. The molecule has 0 aliphatic carbocycles. The third-order valence-electron chi connectivity index (χ3n) is 2.40. The summed E-state index contributed by atoms with van der Waals surface area (Å²) >= 11 is 7.58. The second-order valence-electron chi connectivity index (χ2n) is 3.66. The van der Waals surface area contributed by atoms with E-state index in [9.17, 15) is 8.78 Å². The van der Waals surface area contributed by atoms with Crippen LogP contribution in [0.4, 0.5) is 8.78 Å². The van der Waals surface area contributed by atoms with E-state index in [0.717, 1.165) is 5.01 Å². The van der Waals surface area contributed by atoms with Crippen LogP contribution in [0.1, 0.15) is 21.6 Å². The maximum Gasteiger partial charge on any atom is 0.129 e. The zero-order valence-electron chi connectivity index (χ0n) is 9.08. The number of halogens is 3. The van der Waals surface area contributed by atoms with Crippen molar-refractivity contribution >= 4 is 22.9 Å². The van der Waals surface area contributed by atoms with Crippen molar-refractivity contribution in [3.8, 4) is 0 Å². The maximum atomic E-state index is 13.4. The number of thiazole rings is 1. The lowest BCUT2D eigenvalue weighted by molar-refractivity contribution is 0.552. The second kappa shape index (κ2) is 5.10. The Labute approximate surface area is 107 Å². The first-order valence-electron chi connectivity index (χ1n) is 5.07. The molecule has 5 heteroatoms. The van der Waals surface area contributed by atoms with Crippen molar-refractivity contribution in [3.05, 3.63) is 51.5 Å². The summed E-state index contributed by atoms with van der Waals surface area (Å²) < 4.78 is 26.8. The Morgan fingerprint density at radius 1 is 1.35 bits per heavy atom. The molecule has 2 rings (SSSR count). The number of aromatic nitrogens is 1. The highest BCUT2D eigenvalue weighted by atomic mass is 35.5. The summed E-state index contributed by atoms with van der Waals surface area (Å²) in [7, 11) is 0. The van der Waals surface area contributed by atoms with Crippen LogP contribution < -0.4 is 0 Å². The predicted molar refractivity (Wildman–Crippen MR) is 65.5 cm³/mol. The molecule has 0 spiro atoms. The minimum atomic E-state index is -0.567. The highest BCUT2D eigenvalue weighted by molar-refractivity contribution is 7.09. The summed E-state index contributed by atoms with van der Waals surface area (Å²) in [4.78, 5) is 4.21. The Bertz CT molecular complexity index is 507. The zero-order chi connectivity index (χ0) is 12.4. The fourth-order valence-corrected chi connectivity index (χ4v) is 2.54. The van der Waals surface area contributed by atoms with Crippen LogP contribution in [0.3, 0.4) is 0 Å². The van der Waals surface area contributed by atoms with Crippen LogP contribution in [-0.4, -0.2) is 4.98 Å². The van der Waals surface area contributed by atoms with Crippen molar-refractivity contribution in [3.63, 3.8) is 0 Å².